The molecular weight excluding hydrogens is 430 g/mol. The number of hydrogen-bond donors (Lipinski definition) is 4. The Balaban J connectivity index is 1.41. The number of hydrogen-bond acceptors (Lipinski definition) is 5. The van der Waals surface area contributed by atoms with E-state index >= 15 is 0 Å². The number of fused-ring (bicyclic) bond motifs is 2. The van der Waals surface area contributed by atoms with Crippen LogP contribution in [-0.4, -0.2) is 32.8 Å². The maximum absolute atomic E-state index is 13.5. The third kappa shape index (κ3) is 3.75. The van der Waals surface area contributed by atoms with E-state index in [1.165, 1.54) is 18.5 Å². The zero-order chi connectivity index (χ0) is 23.1. The number of imidazole rings is 1. The minimum absolute atomic E-state index is 0.0902. The fourth-order valence-electron chi connectivity index (χ4n) is 4.07. The lowest BCUT2D eigenvalue weighted by Crippen LogP contribution is -2.44. The number of anilines is 1. The Hall–Kier alpha value is -4.34. The smallest absolute Gasteiger partial charge is 0.287 e. The molecule has 2 aromatic heterocycles. The molecule has 8 nitrogen and oxygen atoms in total. The Kier molecular flexibility index (Phi) is 4.97. The van der Waals surface area contributed by atoms with E-state index in [4.69, 9.17) is 5.73 Å². The number of rotatable bonds is 4. The van der Waals surface area contributed by atoms with Gasteiger partial charge in [-0.15, -0.1) is 0 Å². The maximum atomic E-state index is 13.5. The molecule has 2 atom stereocenters. The summed E-state index contributed by atoms with van der Waals surface area (Å²) in [7, 11) is 0. The van der Waals surface area contributed by atoms with Gasteiger partial charge in [0.25, 0.3) is 11.8 Å². The van der Waals surface area contributed by atoms with Crippen molar-refractivity contribution in [3.63, 3.8) is 0 Å². The quantitative estimate of drug-likeness (QED) is 0.382. The molecule has 166 valence electrons. The molecule has 0 bridgehead atoms. The molecule has 0 saturated carbocycles. The molecule has 0 aliphatic heterocycles. The second kappa shape index (κ2) is 7.97. The Morgan fingerprint density at radius 1 is 1.06 bits per heavy atom. The summed E-state index contributed by atoms with van der Waals surface area (Å²) in [5.41, 5.74) is 8.59. The number of carbonyl (C=O) groups is 2. The number of aromatic amines is 1. The average molecular weight is 448 g/mol. The molecule has 0 fully saturated rings. The molecule has 0 radical (unpaired) electrons. The van der Waals surface area contributed by atoms with Gasteiger partial charge in [0.1, 0.15) is 0 Å². The van der Waals surface area contributed by atoms with Crippen LogP contribution in [0, 0.1) is 11.6 Å². The summed E-state index contributed by atoms with van der Waals surface area (Å²) >= 11 is 0. The monoisotopic (exact) mass is 448 g/mol. The first-order valence-corrected chi connectivity index (χ1v) is 10.1. The van der Waals surface area contributed by atoms with Crippen LogP contribution in [0.25, 0.3) is 11.0 Å². The van der Waals surface area contributed by atoms with E-state index in [1.54, 1.807) is 0 Å². The normalized spacial score (nSPS) is 17.0. The summed E-state index contributed by atoms with van der Waals surface area (Å²) in [6.45, 7) is 0. The zero-order valence-corrected chi connectivity index (χ0v) is 17.1. The topological polar surface area (TPSA) is 126 Å². The van der Waals surface area contributed by atoms with Crippen LogP contribution < -0.4 is 16.4 Å². The van der Waals surface area contributed by atoms with E-state index in [2.05, 4.69) is 25.6 Å². The highest BCUT2D eigenvalue weighted by molar-refractivity contribution is 5.99. The van der Waals surface area contributed by atoms with Gasteiger partial charge >= 0.3 is 0 Å². The van der Waals surface area contributed by atoms with Gasteiger partial charge in [-0.3, -0.25) is 14.6 Å². The Labute approximate surface area is 186 Å². The SMILES string of the molecule is Nc1ccncc1C(=O)N[C@H]1c2ccccc2C[C@@H]1NC(=O)c1nc2cc(F)c(F)cc2[nH]1. The first kappa shape index (κ1) is 20.6. The molecule has 2 amide bonds. The van der Waals surface area contributed by atoms with Gasteiger partial charge in [0.05, 0.1) is 28.7 Å². The highest BCUT2D eigenvalue weighted by Crippen LogP contribution is 2.32. The highest BCUT2D eigenvalue weighted by Gasteiger charge is 2.35. The number of halogens is 2. The van der Waals surface area contributed by atoms with Crippen molar-refractivity contribution in [2.24, 2.45) is 0 Å². The number of benzene rings is 2. The number of nitrogens with one attached hydrogen (secondary N) is 3. The van der Waals surface area contributed by atoms with Crippen LogP contribution in [0.5, 0.6) is 0 Å². The summed E-state index contributed by atoms with van der Waals surface area (Å²) in [5, 5.41) is 5.81. The van der Waals surface area contributed by atoms with Crippen molar-refractivity contribution in [1.29, 1.82) is 0 Å². The number of nitrogens with two attached hydrogens (primary N) is 1. The molecule has 0 saturated heterocycles. The third-order valence-corrected chi connectivity index (χ3v) is 5.67. The Morgan fingerprint density at radius 2 is 1.85 bits per heavy atom. The van der Waals surface area contributed by atoms with Crippen molar-refractivity contribution in [1.82, 2.24) is 25.6 Å². The van der Waals surface area contributed by atoms with Gasteiger partial charge in [0.15, 0.2) is 17.5 Å². The lowest BCUT2D eigenvalue weighted by molar-refractivity contribution is 0.0883. The van der Waals surface area contributed by atoms with Crippen LogP contribution in [0.15, 0.2) is 54.9 Å². The number of pyridine rings is 1. The molecule has 4 aromatic rings. The second-order valence-electron chi connectivity index (χ2n) is 7.77. The summed E-state index contributed by atoms with van der Waals surface area (Å²) < 4.78 is 27.0. The molecule has 2 aromatic carbocycles. The first-order chi connectivity index (χ1) is 15.9. The molecule has 0 spiro atoms. The average Bonchev–Trinajstić information content (AvgIpc) is 3.35. The van der Waals surface area contributed by atoms with Crippen LogP contribution in [0.4, 0.5) is 14.5 Å². The molecule has 2 heterocycles. The van der Waals surface area contributed by atoms with Crippen LogP contribution in [0.1, 0.15) is 38.1 Å². The number of nitrogen functional groups attached to an aromatic ring is 1. The highest BCUT2D eigenvalue weighted by atomic mass is 19.2. The number of amides is 2. The summed E-state index contributed by atoms with van der Waals surface area (Å²) in [6.07, 6.45) is 3.34. The van der Waals surface area contributed by atoms with E-state index in [0.717, 1.165) is 23.3 Å². The maximum Gasteiger partial charge on any atom is 0.287 e. The van der Waals surface area contributed by atoms with Crippen molar-refractivity contribution in [3.8, 4) is 0 Å². The fourth-order valence-corrected chi connectivity index (χ4v) is 4.07. The van der Waals surface area contributed by atoms with Crippen molar-refractivity contribution in [3.05, 3.63) is 89.0 Å². The van der Waals surface area contributed by atoms with Crippen molar-refractivity contribution in [2.45, 2.75) is 18.5 Å². The molecule has 33 heavy (non-hydrogen) atoms. The molecule has 1 aliphatic rings. The van der Waals surface area contributed by atoms with Crippen molar-refractivity contribution in [2.75, 3.05) is 5.73 Å². The van der Waals surface area contributed by atoms with Gasteiger partial charge in [0, 0.05) is 30.2 Å². The van der Waals surface area contributed by atoms with Crippen molar-refractivity contribution < 1.29 is 18.4 Å². The molecule has 0 unspecified atom stereocenters. The van der Waals surface area contributed by atoms with Crippen LogP contribution in [-0.2, 0) is 6.42 Å². The predicted octanol–water partition coefficient (Wildman–Crippen LogP) is 2.64. The lowest BCUT2D eigenvalue weighted by atomic mass is 10.1. The predicted molar refractivity (Wildman–Crippen MR) is 116 cm³/mol. The molecule has 1 aliphatic carbocycles. The second-order valence-corrected chi connectivity index (χ2v) is 7.77. The summed E-state index contributed by atoms with van der Waals surface area (Å²) in [6, 6.07) is 9.91. The van der Waals surface area contributed by atoms with Crippen LogP contribution in [0.2, 0.25) is 0 Å². The van der Waals surface area contributed by atoms with Gasteiger partial charge in [-0.05, 0) is 23.6 Å². The molecule has 5 N–H and O–H groups in total. The van der Waals surface area contributed by atoms with Gasteiger partial charge in [-0.25, -0.2) is 13.8 Å². The van der Waals surface area contributed by atoms with Crippen LogP contribution in [0.3, 0.4) is 0 Å². The Bertz CT molecular complexity index is 1360. The molecular formula is C23H18F2N6O2. The Morgan fingerprint density at radius 3 is 2.67 bits per heavy atom. The van der Waals surface area contributed by atoms with E-state index in [9.17, 15) is 18.4 Å². The third-order valence-electron chi connectivity index (χ3n) is 5.67. The van der Waals surface area contributed by atoms with E-state index in [-0.39, 0.29) is 28.1 Å². The summed E-state index contributed by atoms with van der Waals surface area (Å²) in [5.74, 6) is -3.17. The van der Waals surface area contributed by atoms with Crippen LogP contribution >= 0.6 is 0 Å². The van der Waals surface area contributed by atoms with Gasteiger partial charge in [0.2, 0.25) is 0 Å². The summed E-state index contributed by atoms with van der Waals surface area (Å²) in [4.78, 5) is 36.5. The van der Waals surface area contributed by atoms with Crippen molar-refractivity contribution >= 4 is 28.5 Å². The standard InChI is InChI=1S/C23H18F2N6O2/c24-14-8-17-18(9-15(14)25)29-21(28-17)23(33)30-19-7-11-3-1-2-4-12(11)20(19)31-22(32)13-10-27-6-5-16(13)26/h1-6,8-10,19-20H,7H2,(H2,26,27)(H,28,29)(H,30,33)(H,31,32)/t19-,20-/m0/s1. The largest absolute Gasteiger partial charge is 0.398 e. The number of nitrogens with zero attached hydrogens (tertiary/aromatic N) is 2. The zero-order valence-electron chi connectivity index (χ0n) is 17.1. The first-order valence-electron chi connectivity index (χ1n) is 10.1. The van der Waals surface area contributed by atoms with Gasteiger partial charge < -0.3 is 21.4 Å². The van der Waals surface area contributed by atoms with E-state index in [1.807, 2.05) is 24.3 Å². The van der Waals surface area contributed by atoms with Gasteiger partial charge in [-0.1, -0.05) is 24.3 Å². The minimum atomic E-state index is -1.05. The fraction of sp³-hybridized carbons (Fsp3) is 0.130. The van der Waals surface area contributed by atoms with E-state index in [0.29, 0.717) is 6.42 Å². The number of carbonyl (C=O) groups excluding carboxylic acids is 2. The number of aromatic nitrogens is 3. The molecule has 10 heteroatoms. The lowest BCUT2D eigenvalue weighted by Gasteiger charge is -2.23. The minimum Gasteiger partial charge on any atom is -0.398 e. The number of H-pyrrole nitrogens is 1. The van der Waals surface area contributed by atoms with E-state index < -0.39 is 35.5 Å². The molecule has 5 rings (SSSR count). The van der Waals surface area contributed by atoms with Gasteiger partial charge in [-0.2, -0.15) is 0 Å².